The fraction of sp³-hybridized carbons (Fsp3) is 0.533. The number of anilines is 1. The number of rotatable bonds is 3. The molecule has 1 aliphatic rings. The fourth-order valence-corrected chi connectivity index (χ4v) is 2.65. The van der Waals surface area contributed by atoms with Gasteiger partial charge in [0.25, 0.3) is 0 Å². The summed E-state index contributed by atoms with van der Waals surface area (Å²) in [5, 5.41) is 6.61. The first-order chi connectivity index (χ1) is 10.0. The quantitative estimate of drug-likeness (QED) is 0.909. The van der Waals surface area contributed by atoms with Gasteiger partial charge in [0.05, 0.1) is 5.69 Å². The van der Waals surface area contributed by atoms with Crippen LogP contribution in [0, 0.1) is 12.8 Å². The van der Waals surface area contributed by atoms with Crippen molar-refractivity contribution in [1.82, 2.24) is 15.1 Å². The maximum atomic E-state index is 12.3. The molecule has 1 amide bonds. The van der Waals surface area contributed by atoms with Crippen molar-refractivity contribution in [3.05, 3.63) is 29.0 Å². The SMILES string of the molecule is Cc1cc(NC(=O)C2CCc3nc(C(C)C)[nH]c3C2)no1. The molecule has 1 atom stereocenters. The van der Waals surface area contributed by atoms with E-state index in [1.54, 1.807) is 13.0 Å². The number of fused-ring (bicyclic) bond motifs is 1. The molecule has 21 heavy (non-hydrogen) atoms. The predicted octanol–water partition coefficient (Wildman–Crippen LogP) is 2.57. The Balaban J connectivity index is 1.69. The molecule has 2 heterocycles. The lowest BCUT2D eigenvalue weighted by Crippen LogP contribution is -2.28. The second-order valence-corrected chi connectivity index (χ2v) is 5.95. The average molecular weight is 288 g/mol. The van der Waals surface area contributed by atoms with Gasteiger partial charge in [-0.1, -0.05) is 19.0 Å². The summed E-state index contributed by atoms with van der Waals surface area (Å²) in [6.07, 6.45) is 2.37. The molecule has 6 heteroatoms. The van der Waals surface area contributed by atoms with Crippen LogP contribution in [0.15, 0.2) is 10.6 Å². The van der Waals surface area contributed by atoms with Crippen molar-refractivity contribution in [2.45, 2.75) is 46.0 Å². The number of nitrogens with one attached hydrogen (secondary N) is 2. The van der Waals surface area contributed by atoms with Crippen LogP contribution in [-0.2, 0) is 17.6 Å². The van der Waals surface area contributed by atoms with Gasteiger partial charge in [0, 0.05) is 30.0 Å². The Labute approximate surface area is 123 Å². The van der Waals surface area contributed by atoms with Gasteiger partial charge in [0.2, 0.25) is 5.91 Å². The van der Waals surface area contributed by atoms with Gasteiger partial charge < -0.3 is 14.8 Å². The molecule has 0 radical (unpaired) electrons. The highest BCUT2D eigenvalue weighted by molar-refractivity contribution is 5.91. The number of carbonyl (C=O) groups excluding carboxylic acids is 1. The normalized spacial score (nSPS) is 17.8. The highest BCUT2D eigenvalue weighted by atomic mass is 16.5. The number of hydrogen-bond donors (Lipinski definition) is 2. The monoisotopic (exact) mass is 288 g/mol. The maximum absolute atomic E-state index is 12.3. The van der Waals surface area contributed by atoms with Gasteiger partial charge in [-0.3, -0.25) is 4.79 Å². The van der Waals surface area contributed by atoms with E-state index in [1.165, 1.54) is 0 Å². The van der Waals surface area contributed by atoms with Crippen molar-refractivity contribution in [3.63, 3.8) is 0 Å². The van der Waals surface area contributed by atoms with Crippen molar-refractivity contribution >= 4 is 11.7 Å². The van der Waals surface area contributed by atoms with Crippen LogP contribution in [0.1, 0.15) is 49.2 Å². The van der Waals surface area contributed by atoms with Gasteiger partial charge in [-0.05, 0) is 19.8 Å². The molecule has 0 bridgehead atoms. The summed E-state index contributed by atoms with van der Waals surface area (Å²) in [5.41, 5.74) is 2.21. The number of imidazole rings is 1. The second-order valence-electron chi connectivity index (χ2n) is 5.95. The van der Waals surface area contributed by atoms with Gasteiger partial charge in [0.1, 0.15) is 11.6 Å². The van der Waals surface area contributed by atoms with Crippen LogP contribution in [0.3, 0.4) is 0 Å². The lowest BCUT2D eigenvalue weighted by atomic mass is 9.89. The van der Waals surface area contributed by atoms with E-state index in [9.17, 15) is 4.79 Å². The number of aromatic amines is 1. The number of aryl methyl sites for hydroxylation is 2. The first-order valence-electron chi connectivity index (χ1n) is 7.34. The molecule has 0 aromatic carbocycles. The van der Waals surface area contributed by atoms with Gasteiger partial charge in [-0.15, -0.1) is 0 Å². The zero-order valence-electron chi connectivity index (χ0n) is 12.6. The molecule has 0 saturated heterocycles. The molecule has 2 aromatic heterocycles. The molecule has 0 aliphatic heterocycles. The lowest BCUT2D eigenvalue weighted by molar-refractivity contribution is -0.120. The minimum absolute atomic E-state index is 0.00496. The molecule has 1 unspecified atom stereocenters. The summed E-state index contributed by atoms with van der Waals surface area (Å²) in [7, 11) is 0. The number of nitrogens with zero attached hydrogens (tertiary/aromatic N) is 2. The van der Waals surface area contributed by atoms with Crippen LogP contribution >= 0.6 is 0 Å². The average Bonchev–Trinajstić information content (AvgIpc) is 3.03. The predicted molar refractivity (Wildman–Crippen MR) is 78.1 cm³/mol. The molecule has 3 rings (SSSR count). The van der Waals surface area contributed by atoms with Crippen LogP contribution < -0.4 is 5.32 Å². The minimum atomic E-state index is -0.0463. The van der Waals surface area contributed by atoms with E-state index in [4.69, 9.17) is 4.52 Å². The minimum Gasteiger partial charge on any atom is -0.360 e. The Morgan fingerprint density at radius 3 is 3.00 bits per heavy atom. The van der Waals surface area contributed by atoms with E-state index < -0.39 is 0 Å². The van der Waals surface area contributed by atoms with E-state index in [-0.39, 0.29) is 11.8 Å². The number of carbonyl (C=O) groups is 1. The summed E-state index contributed by atoms with van der Waals surface area (Å²) < 4.78 is 4.96. The smallest absolute Gasteiger partial charge is 0.229 e. The first-order valence-corrected chi connectivity index (χ1v) is 7.34. The molecule has 0 saturated carbocycles. The summed E-state index contributed by atoms with van der Waals surface area (Å²) in [5.74, 6) is 2.50. The van der Waals surface area contributed by atoms with Gasteiger partial charge in [-0.2, -0.15) is 0 Å². The zero-order chi connectivity index (χ0) is 15.0. The highest BCUT2D eigenvalue weighted by Crippen LogP contribution is 2.26. The zero-order valence-corrected chi connectivity index (χ0v) is 12.6. The van der Waals surface area contributed by atoms with Crippen molar-refractivity contribution < 1.29 is 9.32 Å². The number of amides is 1. The topological polar surface area (TPSA) is 83.8 Å². The van der Waals surface area contributed by atoms with Gasteiger partial charge in [-0.25, -0.2) is 4.98 Å². The van der Waals surface area contributed by atoms with Gasteiger partial charge >= 0.3 is 0 Å². The van der Waals surface area contributed by atoms with Crippen molar-refractivity contribution in [1.29, 1.82) is 0 Å². The molecule has 112 valence electrons. The highest BCUT2D eigenvalue weighted by Gasteiger charge is 2.28. The summed E-state index contributed by atoms with van der Waals surface area (Å²) in [6, 6.07) is 1.72. The Morgan fingerprint density at radius 2 is 2.33 bits per heavy atom. The Hall–Kier alpha value is -2.11. The van der Waals surface area contributed by atoms with Crippen molar-refractivity contribution in [2.75, 3.05) is 5.32 Å². The molecule has 6 nitrogen and oxygen atoms in total. The molecule has 0 fully saturated rings. The third-order valence-electron chi connectivity index (χ3n) is 3.86. The van der Waals surface area contributed by atoms with E-state index in [2.05, 4.69) is 34.3 Å². The first kappa shape index (κ1) is 13.9. The standard InChI is InChI=1S/C15H20N4O2/c1-8(2)14-16-11-5-4-10(7-12(11)17-14)15(20)18-13-6-9(3)21-19-13/h6,8,10H,4-5,7H2,1-3H3,(H,16,17)(H,18,19,20). The van der Waals surface area contributed by atoms with Crippen molar-refractivity contribution in [3.8, 4) is 0 Å². The van der Waals surface area contributed by atoms with E-state index in [0.29, 0.717) is 23.9 Å². The Bertz CT molecular complexity index is 656. The van der Waals surface area contributed by atoms with Crippen molar-refractivity contribution in [2.24, 2.45) is 5.92 Å². The molecule has 2 N–H and O–H groups in total. The molecular formula is C15H20N4O2. The van der Waals surface area contributed by atoms with Crippen LogP contribution in [0.5, 0.6) is 0 Å². The van der Waals surface area contributed by atoms with Crippen LogP contribution in [0.25, 0.3) is 0 Å². The van der Waals surface area contributed by atoms with E-state index in [0.717, 1.165) is 30.1 Å². The Kier molecular flexibility index (Phi) is 3.53. The van der Waals surface area contributed by atoms with Crippen LogP contribution in [-0.4, -0.2) is 21.0 Å². The third-order valence-corrected chi connectivity index (χ3v) is 3.86. The second kappa shape index (κ2) is 5.35. The summed E-state index contributed by atoms with van der Waals surface area (Å²) in [6.45, 7) is 6.02. The summed E-state index contributed by atoms with van der Waals surface area (Å²) >= 11 is 0. The van der Waals surface area contributed by atoms with Gasteiger partial charge in [0.15, 0.2) is 5.82 Å². The summed E-state index contributed by atoms with van der Waals surface area (Å²) in [4.78, 5) is 20.3. The molecule has 1 aliphatic carbocycles. The van der Waals surface area contributed by atoms with E-state index in [1.807, 2.05) is 0 Å². The Morgan fingerprint density at radius 1 is 1.52 bits per heavy atom. The van der Waals surface area contributed by atoms with Crippen LogP contribution in [0.4, 0.5) is 5.82 Å². The lowest BCUT2D eigenvalue weighted by Gasteiger charge is -2.19. The van der Waals surface area contributed by atoms with E-state index >= 15 is 0 Å². The largest absolute Gasteiger partial charge is 0.360 e. The molecular weight excluding hydrogens is 268 g/mol. The maximum Gasteiger partial charge on any atom is 0.229 e. The number of hydrogen-bond acceptors (Lipinski definition) is 4. The number of H-pyrrole nitrogens is 1. The third kappa shape index (κ3) is 2.84. The molecule has 2 aromatic rings. The number of aromatic nitrogens is 3. The van der Waals surface area contributed by atoms with Crippen LogP contribution in [0.2, 0.25) is 0 Å². The molecule has 0 spiro atoms. The fourth-order valence-electron chi connectivity index (χ4n) is 2.65.